The summed E-state index contributed by atoms with van der Waals surface area (Å²) in [5.41, 5.74) is 1.24. The van der Waals surface area contributed by atoms with Gasteiger partial charge in [0.25, 0.3) is 0 Å². The minimum atomic E-state index is -1.98. The summed E-state index contributed by atoms with van der Waals surface area (Å²) >= 11 is 0. The van der Waals surface area contributed by atoms with Crippen molar-refractivity contribution in [3.8, 4) is 11.5 Å². The average molecular weight is 489 g/mol. The van der Waals surface area contributed by atoms with Crippen LogP contribution < -0.4 is 19.8 Å². The molecule has 0 aromatic heterocycles. The monoisotopic (exact) mass is 488 g/mol. The van der Waals surface area contributed by atoms with E-state index in [-0.39, 0.29) is 26.1 Å². The first kappa shape index (κ1) is 27.9. The second-order valence-electron chi connectivity index (χ2n) is 9.70. The van der Waals surface area contributed by atoms with Crippen molar-refractivity contribution in [2.45, 2.75) is 78.2 Å². The van der Waals surface area contributed by atoms with Crippen LogP contribution in [-0.4, -0.2) is 54.3 Å². The molecule has 0 radical (unpaired) electrons. The van der Waals surface area contributed by atoms with Gasteiger partial charge in [0.05, 0.1) is 11.7 Å². The van der Waals surface area contributed by atoms with Gasteiger partial charge in [0.2, 0.25) is 0 Å². The highest BCUT2D eigenvalue weighted by molar-refractivity contribution is 7.00. The number of aryl methyl sites for hydroxylation is 2. The zero-order valence-corrected chi connectivity index (χ0v) is 22.4. The summed E-state index contributed by atoms with van der Waals surface area (Å²) in [5, 5.41) is 31.7. The average Bonchev–Trinajstić information content (AvgIpc) is 2.80. The summed E-state index contributed by atoms with van der Waals surface area (Å²) in [7, 11) is -1.98. The minimum absolute atomic E-state index is 0.0696. The molecule has 2 aromatic rings. The molecule has 0 aliphatic carbocycles. The summed E-state index contributed by atoms with van der Waals surface area (Å²) in [6.45, 7) is 12.9. The number of benzene rings is 2. The van der Waals surface area contributed by atoms with E-state index in [0.29, 0.717) is 18.6 Å². The van der Waals surface area contributed by atoms with Crippen molar-refractivity contribution in [1.29, 1.82) is 0 Å². The highest BCUT2D eigenvalue weighted by Gasteiger charge is 2.28. The van der Waals surface area contributed by atoms with E-state index in [4.69, 9.17) is 14.6 Å². The maximum absolute atomic E-state index is 10.7. The van der Waals surface area contributed by atoms with Crippen molar-refractivity contribution in [3.05, 3.63) is 47.5 Å². The molecular formula is C27H40O6Si. The van der Waals surface area contributed by atoms with Gasteiger partial charge in [0, 0.05) is 6.42 Å². The number of carboxylic acid groups (broad SMARTS) is 1. The van der Waals surface area contributed by atoms with Crippen molar-refractivity contribution in [2.24, 2.45) is 0 Å². The van der Waals surface area contributed by atoms with Crippen LogP contribution in [0.4, 0.5) is 0 Å². The summed E-state index contributed by atoms with van der Waals surface area (Å²) < 4.78 is 11.7. The summed E-state index contributed by atoms with van der Waals surface area (Å²) in [6.07, 6.45) is 0.586. The number of ether oxygens (including phenoxy) is 2. The predicted octanol–water partition coefficient (Wildman–Crippen LogP) is 3.66. The lowest BCUT2D eigenvalue weighted by Gasteiger charge is -2.27. The van der Waals surface area contributed by atoms with E-state index in [1.807, 2.05) is 39.8 Å². The number of carbonyl (C=O) groups is 1. The third-order valence-corrected chi connectivity index (χ3v) is 10.2. The minimum Gasteiger partial charge on any atom is -0.491 e. The molecule has 0 aliphatic rings. The van der Waals surface area contributed by atoms with E-state index in [0.717, 1.165) is 16.9 Å². The smallest absolute Gasteiger partial charge is 0.303 e. The molecular weight excluding hydrogens is 448 g/mol. The molecule has 6 nitrogen and oxygen atoms in total. The van der Waals surface area contributed by atoms with Crippen LogP contribution in [0, 0.1) is 13.8 Å². The fourth-order valence-electron chi connectivity index (χ4n) is 3.79. The number of rotatable bonds is 13. The first-order valence-electron chi connectivity index (χ1n) is 12.0. The quantitative estimate of drug-likeness (QED) is 0.373. The van der Waals surface area contributed by atoms with Crippen LogP contribution in [0.2, 0.25) is 13.1 Å². The maximum Gasteiger partial charge on any atom is 0.303 e. The summed E-state index contributed by atoms with van der Waals surface area (Å²) in [6, 6.07) is 12.5. The van der Waals surface area contributed by atoms with Gasteiger partial charge in [-0.1, -0.05) is 61.6 Å². The zero-order valence-electron chi connectivity index (χ0n) is 21.4. The lowest BCUT2D eigenvalue weighted by Crippen LogP contribution is -2.53. The summed E-state index contributed by atoms with van der Waals surface area (Å²) in [5.74, 6) is 0.572. The Labute approximate surface area is 204 Å². The number of hydrogen-bond acceptors (Lipinski definition) is 5. The topological polar surface area (TPSA) is 96.2 Å². The SMILES string of the molecule is CCC(O)(CC)COc1ccc([Si](C)(C)c2ccc(OC[C@@H](O)CCC(=O)O)c(C)c2)cc1C. The lowest BCUT2D eigenvalue weighted by molar-refractivity contribution is -0.137. The highest BCUT2D eigenvalue weighted by Crippen LogP contribution is 2.23. The molecule has 7 heteroatoms. The molecule has 0 spiro atoms. The molecule has 188 valence electrons. The molecule has 0 saturated carbocycles. The molecule has 0 fully saturated rings. The van der Waals surface area contributed by atoms with E-state index in [9.17, 15) is 15.0 Å². The van der Waals surface area contributed by atoms with Crippen molar-refractivity contribution < 1.29 is 29.6 Å². The van der Waals surface area contributed by atoms with Gasteiger partial charge in [0.15, 0.2) is 0 Å². The van der Waals surface area contributed by atoms with Gasteiger partial charge >= 0.3 is 5.97 Å². The zero-order chi connectivity index (χ0) is 25.5. The van der Waals surface area contributed by atoms with Crippen molar-refractivity contribution in [3.63, 3.8) is 0 Å². The van der Waals surface area contributed by atoms with Gasteiger partial charge in [-0.25, -0.2) is 0 Å². The van der Waals surface area contributed by atoms with Crippen LogP contribution in [0.25, 0.3) is 0 Å². The van der Waals surface area contributed by atoms with Crippen molar-refractivity contribution in [2.75, 3.05) is 13.2 Å². The first-order chi connectivity index (χ1) is 15.9. The Morgan fingerprint density at radius 1 is 0.971 bits per heavy atom. The fourth-order valence-corrected chi connectivity index (χ4v) is 6.28. The molecule has 0 bridgehead atoms. The Morgan fingerprint density at radius 2 is 1.47 bits per heavy atom. The number of aliphatic carboxylic acids is 1. The molecule has 2 rings (SSSR count). The Bertz CT molecular complexity index is 968. The number of aliphatic hydroxyl groups is 2. The van der Waals surface area contributed by atoms with E-state index in [1.165, 1.54) is 10.4 Å². The standard InChI is InChI=1S/C27H40O6Si/c1-7-27(31,8-2)18-33-25-13-11-23(16-20(25)4)34(5,6)22-10-12-24(19(3)15-22)32-17-21(28)9-14-26(29)30/h10-13,15-16,21,28,31H,7-9,14,17-18H2,1-6H3,(H,29,30)/t21-/m0/s1. The van der Waals surface area contributed by atoms with Crippen LogP contribution in [0.15, 0.2) is 36.4 Å². The van der Waals surface area contributed by atoms with Crippen LogP contribution in [0.3, 0.4) is 0 Å². The van der Waals surface area contributed by atoms with E-state index < -0.39 is 25.7 Å². The molecule has 3 N–H and O–H groups in total. The summed E-state index contributed by atoms with van der Waals surface area (Å²) in [4.78, 5) is 10.7. The Kier molecular flexibility index (Phi) is 9.73. The van der Waals surface area contributed by atoms with Crippen molar-refractivity contribution >= 4 is 24.4 Å². The number of hydrogen-bond donors (Lipinski definition) is 3. The largest absolute Gasteiger partial charge is 0.491 e. The van der Waals surface area contributed by atoms with E-state index >= 15 is 0 Å². The molecule has 0 unspecified atom stereocenters. The van der Waals surface area contributed by atoms with Crippen LogP contribution in [-0.2, 0) is 4.79 Å². The second kappa shape index (κ2) is 11.9. The second-order valence-corrected chi connectivity index (χ2v) is 14.1. The van der Waals surface area contributed by atoms with Gasteiger partial charge in [-0.05, 0) is 56.4 Å². The lowest BCUT2D eigenvalue weighted by atomic mass is 9.99. The normalized spacial score (nSPS) is 12.9. The van der Waals surface area contributed by atoms with Gasteiger partial charge in [-0.2, -0.15) is 0 Å². The van der Waals surface area contributed by atoms with Gasteiger partial charge in [-0.15, -0.1) is 0 Å². The van der Waals surface area contributed by atoms with Gasteiger partial charge < -0.3 is 24.8 Å². The van der Waals surface area contributed by atoms with Gasteiger partial charge in [0.1, 0.15) is 32.8 Å². The van der Waals surface area contributed by atoms with Crippen LogP contribution in [0.5, 0.6) is 11.5 Å². The molecule has 1 atom stereocenters. The molecule has 0 heterocycles. The van der Waals surface area contributed by atoms with Crippen molar-refractivity contribution in [1.82, 2.24) is 0 Å². The Morgan fingerprint density at radius 3 is 1.91 bits per heavy atom. The van der Waals surface area contributed by atoms with E-state index in [1.54, 1.807) is 0 Å². The van der Waals surface area contributed by atoms with Gasteiger partial charge in [-0.3, -0.25) is 4.79 Å². The number of aliphatic hydroxyl groups excluding tert-OH is 1. The third kappa shape index (κ3) is 7.32. The van der Waals surface area contributed by atoms with E-state index in [2.05, 4.69) is 37.4 Å². The first-order valence-corrected chi connectivity index (χ1v) is 15.0. The molecule has 0 amide bonds. The third-order valence-electron chi connectivity index (χ3n) is 6.73. The fraction of sp³-hybridized carbons (Fsp3) is 0.519. The Hall–Kier alpha value is -2.35. The number of carboxylic acids is 1. The predicted molar refractivity (Wildman–Crippen MR) is 139 cm³/mol. The highest BCUT2D eigenvalue weighted by atomic mass is 28.3. The maximum atomic E-state index is 10.7. The molecule has 34 heavy (non-hydrogen) atoms. The Balaban J connectivity index is 2.12. The molecule has 0 aliphatic heterocycles. The van der Waals surface area contributed by atoms with Crippen LogP contribution >= 0.6 is 0 Å². The van der Waals surface area contributed by atoms with Crippen LogP contribution in [0.1, 0.15) is 50.7 Å². The molecule has 0 saturated heterocycles. The molecule has 2 aromatic carbocycles.